The van der Waals surface area contributed by atoms with Crippen molar-refractivity contribution in [2.75, 3.05) is 13.1 Å². The Morgan fingerprint density at radius 2 is 1.94 bits per heavy atom. The molecule has 1 saturated heterocycles. The van der Waals surface area contributed by atoms with Gasteiger partial charge in [0.2, 0.25) is 0 Å². The average Bonchev–Trinajstić information content (AvgIpc) is 2.24. The van der Waals surface area contributed by atoms with E-state index in [1.807, 2.05) is 35.2 Å². The van der Waals surface area contributed by atoms with E-state index in [0.29, 0.717) is 12.0 Å². The molecule has 0 unspecified atom stereocenters. The number of carbonyl (C=O) groups is 1. The lowest BCUT2D eigenvalue weighted by molar-refractivity contribution is 0.0616. The number of likely N-dealkylation sites (tertiary alicyclic amines) is 1. The molecule has 3 heteroatoms. The second kappa shape index (κ2) is 4.16. The van der Waals surface area contributed by atoms with Gasteiger partial charge in [-0.05, 0) is 5.56 Å². The van der Waals surface area contributed by atoms with Crippen LogP contribution in [0.15, 0.2) is 30.3 Å². The highest BCUT2D eigenvalue weighted by Crippen LogP contribution is 2.28. The van der Waals surface area contributed by atoms with Crippen LogP contribution in [0.25, 0.3) is 0 Å². The molecule has 0 spiro atoms. The monoisotopic (exact) mass is 218 g/mol. The molecule has 1 N–H and O–H groups in total. The molecule has 1 heterocycles. The lowest BCUT2D eigenvalue weighted by atomic mass is 9.85. The van der Waals surface area contributed by atoms with E-state index >= 15 is 0 Å². The third-order valence-corrected chi connectivity index (χ3v) is 2.81. The van der Waals surface area contributed by atoms with Crippen LogP contribution in [0.4, 0.5) is 4.79 Å². The molecule has 16 heavy (non-hydrogen) atoms. The maximum Gasteiger partial charge on any atom is 0.317 e. The molecule has 1 aliphatic heterocycles. The van der Waals surface area contributed by atoms with E-state index in [9.17, 15) is 4.79 Å². The van der Waals surface area contributed by atoms with Crippen LogP contribution in [0.1, 0.15) is 19.4 Å². The number of carbonyl (C=O) groups excluding carboxylic acids is 1. The summed E-state index contributed by atoms with van der Waals surface area (Å²) in [6, 6.07) is 10.0. The third-order valence-electron chi connectivity index (χ3n) is 2.81. The van der Waals surface area contributed by atoms with Crippen molar-refractivity contribution in [2.45, 2.75) is 20.4 Å². The molecule has 0 aromatic heterocycles. The normalized spacial score (nSPS) is 17.8. The van der Waals surface area contributed by atoms with Gasteiger partial charge < -0.3 is 10.2 Å². The summed E-state index contributed by atoms with van der Waals surface area (Å²) in [6.45, 7) is 6.67. The highest BCUT2D eigenvalue weighted by atomic mass is 16.2. The van der Waals surface area contributed by atoms with E-state index in [-0.39, 0.29) is 6.03 Å². The van der Waals surface area contributed by atoms with Crippen LogP contribution in [-0.2, 0) is 6.54 Å². The second-order valence-corrected chi connectivity index (χ2v) is 5.16. The van der Waals surface area contributed by atoms with Crippen LogP contribution in [0.2, 0.25) is 0 Å². The van der Waals surface area contributed by atoms with Gasteiger partial charge in [-0.3, -0.25) is 0 Å². The minimum Gasteiger partial charge on any atom is -0.334 e. The predicted octanol–water partition coefficient (Wildman–Crippen LogP) is 2.24. The Morgan fingerprint density at radius 1 is 1.31 bits per heavy atom. The van der Waals surface area contributed by atoms with Gasteiger partial charge in [0, 0.05) is 25.0 Å². The first-order valence-corrected chi connectivity index (χ1v) is 5.64. The Labute approximate surface area is 96.5 Å². The summed E-state index contributed by atoms with van der Waals surface area (Å²) in [5.74, 6) is 0. The van der Waals surface area contributed by atoms with Crippen molar-refractivity contribution in [3.63, 3.8) is 0 Å². The fourth-order valence-electron chi connectivity index (χ4n) is 2.02. The summed E-state index contributed by atoms with van der Waals surface area (Å²) >= 11 is 0. The quantitative estimate of drug-likeness (QED) is 0.811. The second-order valence-electron chi connectivity index (χ2n) is 5.16. The number of nitrogens with one attached hydrogen (secondary N) is 1. The number of urea groups is 1. The highest BCUT2D eigenvalue weighted by molar-refractivity contribution is 5.75. The molecule has 0 aliphatic carbocycles. The van der Waals surface area contributed by atoms with E-state index in [2.05, 4.69) is 19.2 Å². The summed E-state index contributed by atoms with van der Waals surface area (Å²) in [5, 5.41) is 2.93. The molecule has 1 fully saturated rings. The van der Waals surface area contributed by atoms with Gasteiger partial charge in [-0.2, -0.15) is 0 Å². The van der Waals surface area contributed by atoms with Crippen LogP contribution >= 0.6 is 0 Å². The minimum atomic E-state index is 0.0446. The fraction of sp³-hybridized carbons (Fsp3) is 0.462. The minimum absolute atomic E-state index is 0.0446. The van der Waals surface area contributed by atoms with Crippen LogP contribution in [0, 0.1) is 5.41 Å². The van der Waals surface area contributed by atoms with Crippen molar-refractivity contribution >= 4 is 6.03 Å². The van der Waals surface area contributed by atoms with Gasteiger partial charge in [0.15, 0.2) is 0 Å². The lowest BCUT2D eigenvalue weighted by Gasteiger charge is -2.45. The number of benzene rings is 1. The van der Waals surface area contributed by atoms with Gasteiger partial charge in [-0.15, -0.1) is 0 Å². The summed E-state index contributed by atoms with van der Waals surface area (Å²) in [4.78, 5) is 13.6. The molecule has 0 saturated carbocycles. The van der Waals surface area contributed by atoms with E-state index in [1.165, 1.54) is 0 Å². The zero-order valence-corrected chi connectivity index (χ0v) is 9.86. The van der Waals surface area contributed by atoms with Crippen LogP contribution < -0.4 is 5.32 Å². The average molecular weight is 218 g/mol. The van der Waals surface area contributed by atoms with Crippen LogP contribution in [0.3, 0.4) is 0 Å². The molecule has 0 bridgehead atoms. The summed E-state index contributed by atoms with van der Waals surface area (Å²) in [5.41, 5.74) is 1.43. The topological polar surface area (TPSA) is 32.3 Å². The Hall–Kier alpha value is -1.51. The smallest absolute Gasteiger partial charge is 0.317 e. The Bertz CT molecular complexity index is 365. The lowest BCUT2D eigenvalue weighted by Crippen LogP contribution is -2.58. The third kappa shape index (κ3) is 2.54. The molecule has 3 nitrogen and oxygen atoms in total. The van der Waals surface area contributed by atoms with Crippen molar-refractivity contribution in [2.24, 2.45) is 5.41 Å². The molecule has 0 atom stereocenters. The summed E-state index contributed by atoms with van der Waals surface area (Å²) < 4.78 is 0. The van der Waals surface area contributed by atoms with Crippen LogP contribution in [0.5, 0.6) is 0 Å². The number of hydrogen-bond acceptors (Lipinski definition) is 1. The van der Waals surface area contributed by atoms with E-state index in [0.717, 1.165) is 18.7 Å². The summed E-state index contributed by atoms with van der Waals surface area (Å²) in [6.07, 6.45) is 0. The molecule has 2 amide bonds. The van der Waals surface area contributed by atoms with Gasteiger partial charge in [-0.1, -0.05) is 44.2 Å². The first-order valence-electron chi connectivity index (χ1n) is 5.64. The predicted molar refractivity (Wildman–Crippen MR) is 64.0 cm³/mol. The van der Waals surface area contributed by atoms with Gasteiger partial charge >= 0.3 is 6.03 Å². The first-order chi connectivity index (χ1) is 7.57. The van der Waals surface area contributed by atoms with E-state index in [4.69, 9.17) is 0 Å². The number of hydrogen-bond donors (Lipinski definition) is 1. The molecule has 1 aliphatic rings. The van der Waals surface area contributed by atoms with Gasteiger partial charge in [-0.25, -0.2) is 4.79 Å². The van der Waals surface area contributed by atoms with Gasteiger partial charge in [0.1, 0.15) is 0 Å². The highest BCUT2D eigenvalue weighted by Gasteiger charge is 2.36. The van der Waals surface area contributed by atoms with Gasteiger partial charge in [0.05, 0.1) is 0 Å². The molecule has 2 rings (SSSR count). The largest absolute Gasteiger partial charge is 0.334 e. The Morgan fingerprint density at radius 3 is 2.50 bits per heavy atom. The van der Waals surface area contributed by atoms with Crippen molar-refractivity contribution in [1.29, 1.82) is 0 Å². The molecular formula is C13H18N2O. The number of amides is 2. The number of nitrogens with zero attached hydrogens (tertiary/aromatic N) is 1. The molecule has 0 radical (unpaired) electrons. The maximum absolute atomic E-state index is 11.7. The molecule has 1 aromatic carbocycles. The molecule has 1 aromatic rings. The van der Waals surface area contributed by atoms with E-state index < -0.39 is 0 Å². The van der Waals surface area contributed by atoms with Crippen molar-refractivity contribution in [3.8, 4) is 0 Å². The first kappa shape index (κ1) is 11.0. The Kier molecular flexibility index (Phi) is 2.86. The van der Waals surface area contributed by atoms with Gasteiger partial charge in [0.25, 0.3) is 0 Å². The Balaban J connectivity index is 1.77. The van der Waals surface area contributed by atoms with Crippen molar-refractivity contribution in [3.05, 3.63) is 35.9 Å². The van der Waals surface area contributed by atoms with E-state index in [1.54, 1.807) is 0 Å². The standard InChI is InChI=1S/C13H18N2O/c1-13(2)9-15(10-13)12(16)14-8-11-6-4-3-5-7-11/h3-7H,8-10H2,1-2H3,(H,14,16). The fourth-order valence-corrected chi connectivity index (χ4v) is 2.02. The van der Waals surface area contributed by atoms with Crippen LogP contribution in [-0.4, -0.2) is 24.0 Å². The molecular weight excluding hydrogens is 200 g/mol. The van der Waals surface area contributed by atoms with Crippen molar-refractivity contribution in [1.82, 2.24) is 10.2 Å². The zero-order chi connectivity index (χ0) is 11.6. The number of rotatable bonds is 2. The summed E-state index contributed by atoms with van der Waals surface area (Å²) in [7, 11) is 0. The SMILES string of the molecule is CC1(C)CN(C(=O)NCc2ccccc2)C1. The maximum atomic E-state index is 11.7. The molecule has 86 valence electrons. The zero-order valence-electron chi connectivity index (χ0n) is 9.86. The van der Waals surface area contributed by atoms with Crippen molar-refractivity contribution < 1.29 is 4.79 Å².